The number of anilines is 1. The smallest absolute Gasteiger partial charge is 0.256 e. The molecule has 1 aliphatic rings. The van der Waals surface area contributed by atoms with Crippen LogP contribution in [-0.2, 0) is 0 Å². The molecule has 128 valence electrons. The lowest BCUT2D eigenvalue weighted by atomic mass is 10.00. The first-order valence-corrected chi connectivity index (χ1v) is 8.66. The number of hydrogen-bond donors (Lipinski definition) is 1. The first-order chi connectivity index (χ1) is 13.2. The summed E-state index contributed by atoms with van der Waals surface area (Å²) in [5.74, 6) is -0.407. The second-order valence-corrected chi connectivity index (χ2v) is 6.43. The highest BCUT2D eigenvalue weighted by Gasteiger charge is 2.30. The molecule has 1 amide bonds. The van der Waals surface area contributed by atoms with Crippen LogP contribution in [0.5, 0.6) is 0 Å². The highest BCUT2D eigenvalue weighted by Crippen LogP contribution is 2.38. The number of para-hydroxylation sites is 1. The fourth-order valence-electron chi connectivity index (χ4n) is 3.66. The minimum absolute atomic E-state index is 0.106. The fraction of sp³-hybridized carbons (Fsp3) is 0. The van der Waals surface area contributed by atoms with E-state index in [2.05, 4.69) is 10.3 Å². The number of benzene rings is 3. The number of hydrogen-bond acceptors (Lipinski definition) is 3. The second-order valence-electron chi connectivity index (χ2n) is 6.43. The van der Waals surface area contributed by atoms with Gasteiger partial charge in [-0.2, -0.15) is 0 Å². The summed E-state index contributed by atoms with van der Waals surface area (Å²) in [5, 5.41) is 3.80. The van der Waals surface area contributed by atoms with E-state index < -0.39 is 0 Å². The summed E-state index contributed by atoms with van der Waals surface area (Å²) in [6.45, 7) is 0. The maximum Gasteiger partial charge on any atom is 0.256 e. The summed E-state index contributed by atoms with van der Waals surface area (Å²) in [6, 6.07) is 22.2. The number of ketones is 1. The lowest BCUT2D eigenvalue weighted by molar-refractivity contribution is 0.0999. The van der Waals surface area contributed by atoms with E-state index in [4.69, 9.17) is 0 Å². The first kappa shape index (κ1) is 15.5. The SMILES string of the molecule is O=C(Nc1ccnc2ccccc12)c1cccc2c1C(=O)c1ccccc1-2. The van der Waals surface area contributed by atoms with Gasteiger partial charge >= 0.3 is 0 Å². The number of pyridine rings is 1. The Bertz CT molecular complexity index is 1240. The van der Waals surface area contributed by atoms with Crippen molar-refractivity contribution < 1.29 is 9.59 Å². The normalized spacial score (nSPS) is 11.9. The van der Waals surface area contributed by atoms with Crippen LogP contribution in [0.25, 0.3) is 22.0 Å². The quantitative estimate of drug-likeness (QED) is 0.502. The molecule has 1 N–H and O–H groups in total. The van der Waals surface area contributed by atoms with E-state index in [9.17, 15) is 9.59 Å². The summed E-state index contributed by atoms with van der Waals surface area (Å²) < 4.78 is 0. The predicted molar refractivity (Wildman–Crippen MR) is 105 cm³/mol. The van der Waals surface area contributed by atoms with Crippen LogP contribution in [0, 0.1) is 0 Å². The fourth-order valence-corrected chi connectivity index (χ4v) is 3.66. The Hall–Kier alpha value is -3.79. The zero-order valence-corrected chi connectivity index (χ0v) is 14.3. The molecule has 0 atom stereocenters. The molecule has 1 aromatic heterocycles. The van der Waals surface area contributed by atoms with Crippen LogP contribution in [0.3, 0.4) is 0 Å². The van der Waals surface area contributed by atoms with E-state index >= 15 is 0 Å². The Morgan fingerprint density at radius 3 is 2.41 bits per heavy atom. The molecule has 0 fully saturated rings. The first-order valence-electron chi connectivity index (χ1n) is 8.66. The van der Waals surface area contributed by atoms with Crippen LogP contribution < -0.4 is 5.32 Å². The maximum atomic E-state index is 13.0. The van der Waals surface area contributed by atoms with Gasteiger partial charge < -0.3 is 5.32 Å². The van der Waals surface area contributed by atoms with Gasteiger partial charge in [-0.1, -0.05) is 54.6 Å². The molecule has 0 radical (unpaired) electrons. The number of carbonyl (C=O) groups excluding carboxylic acids is 2. The Balaban J connectivity index is 1.59. The number of nitrogens with one attached hydrogen (secondary N) is 1. The van der Waals surface area contributed by atoms with Crippen molar-refractivity contribution in [1.82, 2.24) is 4.98 Å². The van der Waals surface area contributed by atoms with Crippen molar-refractivity contribution in [2.24, 2.45) is 0 Å². The minimum atomic E-state index is -0.302. The maximum absolute atomic E-state index is 13.0. The van der Waals surface area contributed by atoms with Gasteiger partial charge in [0.2, 0.25) is 0 Å². The molecule has 0 bridgehead atoms. The number of nitrogens with zero attached hydrogens (tertiary/aromatic N) is 1. The molecule has 0 saturated heterocycles. The molecule has 0 saturated carbocycles. The Labute approximate surface area is 155 Å². The lowest BCUT2D eigenvalue weighted by Gasteiger charge is -2.10. The zero-order valence-electron chi connectivity index (χ0n) is 14.3. The molecule has 0 unspecified atom stereocenters. The Morgan fingerprint density at radius 2 is 1.52 bits per heavy atom. The van der Waals surface area contributed by atoms with Crippen LogP contribution in [0.1, 0.15) is 26.3 Å². The van der Waals surface area contributed by atoms with E-state index in [0.717, 1.165) is 22.0 Å². The highest BCUT2D eigenvalue weighted by molar-refractivity contribution is 6.27. The van der Waals surface area contributed by atoms with Crippen molar-refractivity contribution in [3.8, 4) is 11.1 Å². The Morgan fingerprint density at radius 1 is 0.778 bits per heavy atom. The molecule has 1 heterocycles. The van der Waals surface area contributed by atoms with Crippen molar-refractivity contribution in [1.29, 1.82) is 0 Å². The third kappa shape index (κ3) is 2.34. The number of amides is 1. The molecule has 3 aromatic carbocycles. The second kappa shape index (κ2) is 5.88. The van der Waals surface area contributed by atoms with Crippen molar-refractivity contribution in [2.45, 2.75) is 0 Å². The highest BCUT2D eigenvalue weighted by atomic mass is 16.2. The molecule has 0 spiro atoms. The van der Waals surface area contributed by atoms with E-state index in [-0.39, 0.29) is 11.7 Å². The molecule has 4 nitrogen and oxygen atoms in total. The molecule has 4 heteroatoms. The summed E-state index contributed by atoms with van der Waals surface area (Å²) in [6.07, 6.45) is 1.66. The van der Waals surface area contributed by atoms with Gasteiger partial charge in [-0.05, 0) is 29.3 Å². The average molecular weight is 350 g/mol. The van der Waals surface area contributed by atoms with Gasteiger partial charge in [-0.15, -0.1) is 0 Å². The molecule has 5 rings (SSSR count). The number of carbonyl (C=O) groups is 2. The standard InChI is InChI=1S/C23H14N2O2/c26-22-16-7-2-1-6-14(16)15-9-5-10-18(21(15)22)23(27)25-20-12-13-24-19-11-4-3-8-17(19)20/h1-13H,(H,24,25,27). The molecule has 4 aromatic rings. The zero-order chi connectivity index (χ0) is 18.4. The van der Waals surface area contributed by atoms with Gasteiger partial charge in [0.25, 0.3) is 5.91 Å². The van der Waals surface area contributed by atoms with Crippen molar-refractivity contribution in [3.63, 3.8) is 0 Å². The monoisotopic (exact) mass is 350 g/mol. The third-order valence-electron chi connectivity index (χ3n) is 4.90. The topological polar surface area (TPSA) is 59.1 Å². The van der Waals surface area contributed by atoms with Gasteiger partial charge in [-0.3, -0.25) is 14.6 Å². The largest absolute Gasteiger partial charge is 0.321 e. The average Bonchev–Trinajstić information content (AvgIpc) is 3.01. The molecule has 27 heavy (non-hydrogen) atoms. The summed E-state index contributed by atoms with van der Waals surface area (Å²) >= 11 is 0. The minimum Gasteiger partial charge on any atom is -0.321 e. The van der Waals surface area contributed by atoms with Crippen LogP contribution >= 0.6 is 0 Å². The lowest BCUT2D eigenvalue weighted by Crippen LogP contribution is -2.16. The summed E-state index contributed by atoms with van der Waals surface area (Å²) in [5.41, 5.74) is 4.65. The van der Waals surface area contributed by atoms with E-state index in [1.165, 1.54) is 0 Å². The third-order valence-corrected chi connectivity index (χ3v) is 4.90. The van der Waals surface area contributed by atoms with Gasteiger partial charge in [-0.25, -0.2) is 0 Å². The van der Waals surface area contributed by atoms with Crippen molar-refractivity contribution >= 4 is 28.3 Å². The van der Waals surface area contributed by atoms with E-state index in [1.54, 1.807) is 24.4 Å². The predicted octanol–water partition coefficient (Wildman–Crippen LogP) is 4.70. The van der Waals surface area contributed by atoms with Crippen LogP contribution in [0.4, 0.5) is 5.69 Å². The van der Waals surface area contributed by atoms with Gasteiger partial charge in [0, 0.05) is 22.7 Å². The van der Waals surface area contributed by atoms with Gasteiger partial charge in [0.15, 0.2) is 5.78 Å². The summed E-state index contributed by atoms with van der Waals surface area (Å²) in [4.78, 5) is 30.2. The summed E-state index contributed by atoms with van der Waals surface area (Å²) in [7, 11) is 0. The van der Waals surface area contributed by atoms with Crippen LogP contribution in [-0.4, -0.2) is 16.7 Å². The van der Waals surface area contributed by atoms with Crippen molar-refractivity contribution in [2.75, 3.05) is 5.32 Å². The van der Waals surface area contributed by atoms with Crippen LogP contribution in [0.15, 0.2) is 79.0 Å². The number of rotatable bonds is 2. The molecule has 1 aliphatic carbocycles. The number of fused-ring (bicyclic) bond motifs is 4. The molecule has 0 aliphatic heterocycles. The van der Waals surface area contributed by atoms with Crippen molar-refractivity contribution in [3.05, 3.63) is 95.7 Å². The van der Waals surface area contributed by atoms with E-state index in [1.807, 2.05) is 54.6 Å². The van der Waals surface area contributed by atoms with Crippen LogP contribution in [0.2, 0.25) is 0 Å². The van der Waals surface area contributed by atoms with E-state index in [0.29, 0.717) is 22.4 Å². The molecular weight excluding hydrogens is 336 g/mol. The molecular formula is C23H14N2O2. The van der Waals surface area contributed by atoms with Gasteiger partial charge in [0.1, 0.15) is 0 Å². The Kier molecular flexibility index (Phi) is 3.37. The van der Waals surface area contributed by atoms with Gasteiger partial charge in [0.05, 0.1) is 16.8 Å². The number of aromatic nitrogens is 1.